The maximum Gasteiger partial charge on any atom is 0.227 e. The number of hydrogen-bond acceptors (Lipinski definition) is 7. The number of nitrogens with zero attached hydrogens (tertiary/aromatic N) is 6. The van der Waals surface area contributed by atoms with Crippen molar-refractivity contribution in [2.75, 3.05) is 23.3 Å². The Hall–Kier alpha value is -3.33. The van der Waals surface area contributed by atoms with Crippen LogP contribution in [0.1, 0.15) is 23.7 Å². The number of piperidine rings is 1. The number of benzene rings is 1. The molecular formula is C22H23N7OS. The molecule has 158 valence electrons. The number of aromatic nitrogens is 5. The standard InChI is InChI=1S/C22H23N7OS/c1-14-23-7-10-29(14)21-12-20(24-13-25-21)28-8-5-16(6-9-28)22(30)27-17-3-4-19-18(11-17)26-15(2)31-19/h3-4,7,10-13,16H,5-6,8-9H2,1-2H3,(H,27,30). The van der Waals surface area contributed by atoms with E-state index in [0.717, 1.165) is 64.3 Å². The largest absolute Gasteiger partial charge is 0.356 e. The second-order valence-corrected chi connectivity index (χ2v) is 8.98. The summed E-state index contributed by atoms with van der Waals surface area (Å²) in [6.45, 7) is 5.50. The van der Waals surface area contributed by atoms with Crippen LogP contribution >= 0.6 is 11.3 Å². The van der Waals surface area contributed by atoms with Crippen LogP contribution in [0, 0.1) is 19.8 Å². The number of carbonyl (C=O) groups is 1. The number of anilines is 2. The summed E-state index contributed by atoms with van der Waals surface area (Å²) in [5.41, 5.74) is 1.74. The first-order chi connectivity index (χ1) is 15.1. The molecule has 4 aromatic rings. The SMILES string of the molecule is Cc1nc2cc(NC(=O)C3CCN(c4cc(-n5ccnc5C)ncn4)CC3)ccc2s1. The number of rotatable bonds is 4. The van der Waals surface area contributed by atoms with Crippen molar-refractivity contribution in [2.45, 2.75) is 26.7 Å². The van der Waals surface area contributed by atoms with Crippen LogP contribution in [-0.2, 0) is 4.79 Å². The number of imidazole rings is 1. The topological polar surface area (TPSA) is 88.8 Å². The van der Waals surface area contributed by atoms with Crippen LogP contribution in [-0.4, -0.2) is 43.5 Å². The van der Waals surface area contributed by atoms with Gasteiger partial charge in [-0.2, -0.15) is 0 Å². The van der Waals surface area contributed by atoms with Gasteiger partial charge in [0.15, 0.2) is 0 Å². The molecule has 0 atom stereocenters. The van der Waals surface area contributed by atoms with Crippen molar-refractivity contribution < 1.29 is 4.79 Å². The lowest BCUT2D eigenvalue weighted by atomic mass is 9.96. The molecule has 8 nitrogen and oxygen atoms in total. The van der Waals surface area contributed by atoms with Gasteiger partial charge in [0.05, 0.1) is 15.2 Å². The van der Waals surface area contributed by atoms with E-state index >= 15 is 0 Å². The average Bonchev–Trinajstić information content (AvgIpc) is 3.38. The van der Waals surface area contributed by atoms with Gasteiger partial charge in [0.2, 0.25) is 5.91 Å². The zero-order valence-electron chi connectivity index (χ0n) is 17.4. The second-order valence-electron chi connectivity index (χ2n) is 7.74. The summed E-state index contributed by atoms with van der Waals surface area (Å²) in [5.74, 6) is 2.62. The summed E-state index contributed by atoms with van der Waals surface area (Å²) in [4.78, 5) is 32.6. The Balaban J connectivity index is 1.23. The molecule has 1 aliphatic heterocycles. The molecule has 1 saturated heterocycles. The third-order valence-electron chi connectivity index (χ3n) is 5.66. The van der Waals surface area contributed by atoms with Gasteiger partial charge in [-0.25, -0.2) is 19.9 Å². The third-order valence-corrected chi connectivity index (χ3v) is 6.61. The molecule has 31 heavy (non-hydrogen) atoms. The number of nitrogens with one attached hydrogen (secondary N) is 1. The molecule has 1 aromatic carbocycles. The molecule has 5 rings (SSSR count). The molecule has 9 heteroatoms. The van der Waals surface area contributed by atoms with Crippen LogP contribution in [0.15, 0.2) is 43.0 Å². The lowest BCUT2D eigenvalue weighted by molar-refractivity contribution is -0.120. The molecule has 1 fully saturated rings. The fraction of sp³-hybridized carbons (Fsp3) is 0.318. The Morgan fingerprint density at radius 1 is 1.10 bits per heavy atom. The van der Waals surface area contributed by atoms with Crippen LogP contribution in [0.2, 0.25) is 0 Å². The Labute approximate surface area is 184 Å². The van der Waals surface area contributed by atoms with E-state index < -0.39 is 0 Å². The Kier molecular flexibility index (Phi) is 5.11. The van der Waals surface area contributed by atoms with Crippen LogP contribution in [0.25, 0.3) is 16.0 Å². The van der Waals surface area contributed by atoms with Gasteiger partial charge in [-0.3, -0.25) is 9.36 Å². The smallest absolute Gasteiger partial charge is 0.227 e. The fourth-order valence-corrected chi connectivity index (χ4v) is 4.80. The summed E-state index contributed by atoms with van der Waals surface area (Å²) in [7, 11) is 0. The maximum absolute atomic E-state index is 12.8. The first-order valence-electron chi connectivity index (χ1n) is 10.3. The van der Waals surface area contributed by atoms with Crippen molar-refractivity contribution in [3.63, 3.8) is 0 Å². The van der Waals surface area contributed by atoms with E-state index in [9.17, 15) is 4.79 Å². The van der Waals surface area contributed by atoms with Crippen LogP contribution in [0.5, 0.6) is 0 Å². The summed E-state index contributed by atoms with van der Waals surface area (Å²) in [6, 6.07) is 7.90. The minimum Gasteiger partial charge on any atom is -0.356 e. The number of aryl methyl sites for hydroxylation is 2. The van der Waals surface area contributed by atoms with Crippen LogP contribution in [0.4, 0.5) is 11.5 Å². The lowest BCUT2D eigenvalue weighted by Crippen LogP contribution is -2.38. The van der Waals surface area contributed by atoms with E-state index in [0.29, 0.717) is 0 Å². The molecule has 0 aliphatic carbocycles. The molecule has 4 heterocycles. The summed E-state index contributed by atoms with van der Waals surface area (Å²) in [5, 5.41) is 4.10. The normalized spacial score (nSPS) is 14.8. The highest BCUT2D eigenvalue weighted by Crippen LogP contribution is 2.27. The van der Waals surface area contributed by atoms with E-state index in [-0.39, 0.29) is 11.8 Å². The Morgan fingerprint density at radius 3 is 2.68 bits per heavy atom. The van der Waals surface area contributed by atoms with Crippen molar-refractivity contribution in [1.82, 2.24) is 24.5 Å². The van der Waals surface area contributed by atoms with Crippen molar-refractivity contribution in [3.05, 3.63) is 53.8 Å². The quantitative estimate of drug-likeness (QED) is 0.527. The Bertz CT molecular complexity index is 1240. The van der Waals surface area contributed by atoms with Crippen LogP contribution < -0.4 is 10.2 Å². The molecule has 1 aliphatic rings. The van der Waals surface area contributed by atoms with E-state index in [1.807, 2.05) is 48.9 Å². The van der Waals surface area contributed by atoms with Gasteiger partial charge >= 0.3 is 0 Å². The first kappa shape index (κ1) is 19.6. The fourth-order valence-electron chi connectivity index (χ4n) is 4.00. The van der Waals surface area contributed by atoms with E-state index in [4.69, 9.17) is 0 Å². The highest BCUT2D eigenvalue weighted by molar-refractivity contribution is 7.18. The van der Waals surface area contributed by atoms with Gasteiger partial charge in [-0.1, -0.05) is 0 Å². The van der Waals surface area contributed by atoms with Crippen LogP contribution in [0.3, 0.4) is 0 Å². The van der Waals surface area contributed by atoms with Gasteiger partial charge in [-0.15, -0.1) is 11.3 Å². The average molecular weight is 434 g/mol. The van der Waals surface area contributed by atoms with Crippen molar-refractivity contribution >= 4 is 39.0 Å². The number of thiazole rings is 1. The Morgan fingerprint density at radius 2 is 1.90 bits per heavy atom. The first-order valence-corrected chi connectivity index (χ1v) is 11.1. The molecule has 0 saturated carbocycles. The van der Waals surface area contributed by atoms with Gasteiger partial charge < -0.3 is 10.2 Å². The lowest BCUT2D eigenvalue weighted by Gasteiger charge is -2.32. The highest BCUT2D eigenvalue weighted by Gasteiger charge is 2.26. The number of carbonyl (C=O) groups excluding carboxylic acids is 1. The van der Waals surface area contributed by atoms with Gasteiger partial charge in [0.25, 0.3) is 0 Å². The van der Waals surface area contributed by atoms with Gasteiger partial charge in [-0.05, 0) is 44.9 Å². The zero-order chi connectivity index (χ0) is 21.4. The molecule has 0 radical (unpaired) electrons. The van der Waals surface area contributed by atoms with E-state index in [1.165, 1.54) is 0 Å². The summed E-state index contributed by atoms with van der Waals surface area (Å²) < 4.78 is 3.07. The monoisotopic (exact) mass is 433 g/mol. The maximum atomic E-state index is 12.8. The molecule has 0 bridgehead atoms. The van der Waals surface area contributed by atoms with E-state index in [1.54, 1.807) is 23.9 Å². The second kappa shape index (κ2) is 8.07. The van der Waals surface area contributed by atoms with E-state index in [2.05, 4.69) is 30.2 Å². The minimum atomic E-state index is -0.0127. The van der Waals surface area contributed by atoms with Crippen molar-refractivity contribution in [3.8, 4) is 5.82 Å². The van der Waals surface area contributed by atoms with Crippen molar-refractivity contribution in [2.24, 2.45) is 5.92 Å². The minimum absolute atomic E-state index is 0.0127. The number of hydrogen-bond donors (Lipinski definition) is 1. The summed E-state index contributed by atoms with van der Waals surface area (Å²) in [6.07, 6.45) is 6.80. The predicted molar refractivity (Wildman–Crippen MR) is 122 cm³/mol. The number of fused-ring (bicyclic) bond motifs is 1. The molecule has 0 unspecified atom stereocenters. The van der Waals surface area contributed by atoms with Gasteiger partial charge in [0, 0.05) is 43.2 Å². The predicted octanol–water partition coefficient (Wildman–Crippen LogP) is 3.74. The molecule has 1 amide bonds. The van der Waals surface area contributed by atoms with Gasteiger partial charge in [0.1, 0.15) is 23.8 Å². The summed E-state index contributed by atoms with van der Waals surface area (Å²) >= 11 is 1.66. The molecule has 1 N–H and O–H groups in total. The zero-order valence-corrected chi connectivity index (χ0v) is 18.3. The van der Waals surface area contributed by atoms with Crippen molar-refractivity contribution in [1.29, 1.82) is 0 Å². The molecule has 3 aromatic heterocycles. The molecule has 0 spiro atoms. The molecular weight excluding hydrogens is 410 g/mol. The number of amides is 1. The highest BCUT2D eigenvalue weighted by atomic mass is 32.1. The third kappa shape index (κ3) is 4.00.